The Morgan fingerprint density at radius 1 is 0.857 bits per heavy atom. The Hall–Kier alpha value is -2.22. The second kappa shape index (κ2) is 6.49. The highest BCUT2D eigenvalue weighted by molar-refractivity contribution is 5.25. The fourth-order valence-electron chi connectivity index (χ4n) is 2.57. The van der Waals surface area contributed by atoms with Crippen molar-refractivity contribution in [1.29, 1.82) is 0 Å². The maximum atomic E-state index is 2.33. The molecule has 1 aromatic carbocycles. The third kappa shape index (κ3) is 3.88. The number of benzene rings is 1. The van der Waals surface area contributed by atoms with Gasteiger partial charge in [-0.1, -0.05) is 48.1 Å². The smallest absolute Gasteiger partial charge is 0.0427 e. The molecule has 2 nitrogen and oxygen atoms in total. The molecule has 2 heteroatoms. The van der Waals surface area contributed by atoms with Gasteiger partial charge in [0.2, 0.25) is 0 Å². The zero-order valence-electron chi connectivity index (χ0n) is 12.6. The summed E-state index contributed by atoms with van der Waals surface area (Å²) in [4.78, 5) is 4.65. The molecular weight excluding hydrogens is 256 g/mol. The molecule has 0 fully saturated rings. The molecule has 0 radical (unpaired) electrons. The average molecular weight is 278 g/mol. The predicted molar refractivity (Wildman–Crippen MR) is 88.4 cm³/mol. The Bertz CT molecular complexity index is 590. The molecule has 21 heavy (non-hydrogen) atoms. The van der Waals surface area contributed by atoms with Gasteiger partial charge in [0.15, 0.2) is 0 Å². The van der Waals surface area contributed by atoms with E-state index in [0.717, 1.165) is 26.2 Å². The molecule has 0 amide bonds. The summed E-state index contributed by atoms with van der Waals surface area (Å²) in [5.74, 6) is 0. The van der Waals surface area contributed by atoms with E-state index >= 15 is 0 Å². The van der Waals surface area contributed by atoms with Crippen molar-refractivity contribution in [2.75, 3.05) is 13.1 Å². The molecule has 0 spiro atoms. The fourth-order valence-corrected chi connectivity index (χ4v) is 2.57. The molecule has 0 saturated carbocycles. The number of allylic oxidation sites excluding steroid dienone is 4. The molecule has 0 N–H and O–H groups in total. The largest absolute Gasteiger partial charge is 0.369 e. The second-order valence-corrected chi connectivity index (χ2v) is 5.71. The van der Waals surface area contributed by atoms with Gasteiger partial charge in [-0.25, -0.2) is 0 Å². The maximum absolute atomic E-state index is 2.33. The molecule has 2 heterocycles. The molecular formula is C19H22N2. The van der Waals surface area contributed by atoms with Gasteiger partial charge in [-0.15, -0.1) is 0 Å². The van der Waals surface area contributed by atoms with Crippen LogP contribution >= 0.6 is 0 Å². The van der Waals surface area contributed by atoms with Gasteiger partial charge in [0.05, 0.1) is 0 Å². The van der Waals surface area contributed by atoms with Crippen molar-refractivity contribution in [2.45, 2.75) is 20.0 Å². The SMILES string of the molecule is CC1=CCN(Cc2ccc(CN3C=CC=CC3)cc2)C=C1. The first-order valence-corrected chi connectivity index (χ1v) is 7.54. The molecule has 0 aliphatic carbocycles. The van der Waals surface area contributed by atoms with Gasteiger partial charge in [0.1, 0.15) is 0 Å². The van der Waals surface area contributed by atoms with Gasteiger partial charge in [-0.2, -0.15) is 0 Å². The van der Waals surface area contributed by atoms with Gasteiger partial charge in [0.25, 0.3) is 0 Å². The second-order valence-electron chi connectivity index (χ2n) is 5.71. The minimum absolute atomic E-state index is 0.979. The van der Waals surface area contributed by atoms with E-state index < -0.39 is 0 Å². The highest BCUT2D eigenvalue weighted by Gasteiger charge is 2.05. The van der Waals surface area contributed by atoms with Gasteiger partial charge in [0, 0.05) is 26.2 Å². The van der Waals surface area contributed by atoms with E-state index in [2.05, 4.69) is 83.8 Å². The fraction of sp³-hybridized carbons (Fsp3) is 0.263. The van der Waals surface area contributed by atoms with Crippen molar-refractivity contribution in [2.24, 2.45) is 0 Å². The molecule has 0 bridgehead atoms. The molecule has 108 valence electrons. The van der Waals surface area contributed by atoms with Gasteiger partial charge in [-0.05, 0) is 42.6 Å². The van der Waals surface area contributed by atoms with Crippen molar-refractivity contribution in [3.8, 4) is 0 Å². The molecule has 1 aromatic rings. The number of hydrogen-bond acceptors (Lipinski definition) is 2. The Morgan fingerprint density at radius 2 is 1.52 bits per heavy atom. The molecule has 0 aromatic heterocycles. The van der Waals surface area contributed by atoms with Crippen molar-refractivity contribution < 1.29 is 0 Å². The Morgan fingerprint density at radius 3 is 2.05 bits per heavy atom. The minimum atomic E-state index is 0.979. The Kier molecular flexibility index (Phi) is 4.25. The minimum Gasteiger partial charge on any atom is -0.369 e. The normalized spacial score (nSPS) is 17.3. The van der Waals surface area contributed by atoms with Gasteiger partial charge < -0.3 is 9.80 Å². The Balaban J connectivity index is 1.55. The highest BCUT2D eigenvalue weighted by atomic mass is 15.1. The van der Waals surface area contributed by atoms with Crippen molar-refractivity contribution in [1.82, 2.24) is 9.80 Å². The Labute approximate surface area is 127 Å². The first kappa shape index (κ1) is 13.7. The van der Waals surface area contributed by atoms with E-state index in [4.69, 9.17) is 0 Å². The number of nitrogens with zero attached hydrogens (tertiary/aromatic N) is 2. The van der Waals surface area contributed by atoms with Crippen LogP contribution in [-0.4, -0.2) is 22.9 Å². The molecule has 0 unspecified atom stereocenters. The van der Waals surface area contributed by atoms with Crippen LogP contribution in [0.2, 0.25) is 0 Å². The van der Waals surface area contributed by atoms with E-state index in [9.17, 15) is 0 Å². The van der Waals surface area contributed by atoms with E-state index in [1.54, 1.807) is 0 Å². The molecule has 2 aliphatic heterocycles. The highest BCUT2D eigenvalue weighted by Crippen LogP contribution is 2.13. The lowest BCUT2D eigenvalue weighted by Gasteiger charge is -2.23. The third-order valence-electron chi connectivity index (χ3n) is 3.87. The van der Waals surface area contributed by atoms with Crippen molar-refractivity contribution >= 4 is 0 Å². The van der Waals surface area contributed by atoms with Crippen LogP contribution < -0.4 is 0 Å². The van der Waals surface area contributed by atoms with Crippen LogP contribution in [-0.2, 0) is 13.1 Å². The molecule has 0 saturated heterocycles. The van der Waals surface area contributed by atoms with Crippen LogP contribution in [0.25, 0.3) is 0 Å². The van der Waals surface area contributed by atoms with Gasteiger partial charge in [-0.3, -0.25) is 0 Å². The summed E-state index contributed by atoms with van der Waals surface area (Å²) in [5, 5.41) is 0. The zero-order valence-corrected chi connectivity index (χ0v) is 12.6. The monoisotopic (exact) mass is 278 g/mol. The maximum Gasteiger partial charge on any atom is 0.0427 e. The first-order valence-electron chi connectivity index (χ1n) is 7.54. The molecule has 0 atom stereocenters. The quantitative estimate of drug-likeness (QED) is 0.825. The summed E-state index contributed by atoms with van der Waals surface area (Å²) in [6, 6.07) is 8.99. The van der Waals surface area contributed by atoms with Crippen molar-refractivity contribution in [3.63, 3.8) is 0 Å². The molecule has 2 aliphatic rings. The van der Waals surface area contributed by atoms with E-state index in [1.165, 1.54) is 16.7 Å². The van der Waals surface area contributed by atoms with Crippen LogP contribution in [0.5, 0.6) is 0 Å². The summed E-state index contributed by atoms with van der Waals surface area (Å²) < 4.78 is 0. The predicted octanol–water partition coefficient (Wildman–Crippen LogP) is 3.85. The van der Waals surface area contributed by atoms with Crippen LogP contribution in [0.1, 0.15) is 18.1 Å². The van der Waals surface area contributed by atoms with E-state index in [-0.39, 0.29) is 0 Å². The summed E-state index contributed by atoms with van der Waals surface area (Å²) >= 11 is 0. The van der Waals surface area contributed by atoms with Crippen LogP contribution in [0.4, 0.5) is 0 Å². The zero-order chi connectivity index (χ0) is 14.5. The van der Waals surface area contributed by atoms with Crippen LogP contribution in [0, 0.1) is 0 Å². The lowest BCUT2D eigenvalue weighted by atomic mass is 10.1. The first-order chi connectivity index (χ1) is 10.3. The van der Waals surface area contributed by atoms with E-state index in [0.29, 0.717) is 0 Å². The summed E-state index contributed by atoms with van der Waals surface area (Å²) in [5.41, 5.74) is 4.08. The van der Waals surface area contributed by atoms with Crippen molar-refractivity contribution in [3.05, 3.63) is 83.7 Å². The molecule has 3 rings (SSSR count). The topological polar surface area (TPSA) is 6.48 Å². The average Bonchev–Trinajstić information content (AvgIpc) is 2.53. The van der Waals surface area contributed by atoms with Crippen LogP contribution in [0.15, 0.2) is 72.6 Å². The standard InChI is InChI=1S/C19H22N2/c1-17-9-13-21(14-10-17)16-19-7-5-18(6-8-19)15-20-11-3-2-4-12-20/h2-11,13H,12,14-16H2,1H3. The van der Waals surface area contributed by atoms with Crippen LogP contribution in [0.3, 0.4) is 0 Å². The number of rotatable bonds is 4. The van der Waals surface area contributed by atoms with E-state index in [1.807, 2.05) is 0 Å². The van der Waals surface area contributed by atoms with Gasteiger partial charge >= 0.3 is 0 Å². The number of hydrogen-bond donors (Lipinski definition) is 0. The lowest BCUT2D eigenvalue weighted by Crippen LogP contribution is -2.19. The third-order valence-corrected chi connectivity index (χ3v) is 3.87. The summed E-state index contributed by atoms with van der Waals surface area (Å²) in [7, 11) is 0. The summed E-state index contributed by atoms with van der Waals surface area (Å²) in [6.45, 7) is 6.12. The lowest BCUT2D eigenvalue weighted by molar-refractivity contribution is 0.401. The summed E-state index contributed by atoms with van der Waals surface area (Å²) in [6.07, 6.45) is 15.2.